The van der Waals surface area contributed by atoms with E-state index < -0.39 is 35.1 Å². The number of alkyl halides is 3. The summed E-state index contributed by atoms with van der Waals surface area (Å²) in [4.78, 5) is 17.6. The highest BCUT2D eigenvalue weighted by Gasteiger charge is 2.28. The lowest BCUT2D eigenvalue weighted by atomic mass is 10.2. The number of hydrogen-bond acceptors (Lipinski definition) is 4. The van der Waals surface area contributed by atoms with Crippen molar-refractivity contribution in [3.8, 4) is 0 Å². The van der Waals surface area contributed by atoms with Crippen LogP contribution in [0.2, 0.25) is 0 Å². The topological polar surface area (TPSA) is 75.5 Å². The average molecular weight is 420 g/mol. The highest BCUT2D eigenvalue weighted by atomic mass is 32.2. The second kappa shape index (κ2) is 8.08. The summed E-state index contributed by atoms with van der Waals surface area (Å²) in [5.41, 5.74) is 1.17. The third-order valence-electron chi connectivity index (χ3n) is 4.44. The Morgan fingerprint density at radius 1 is 1.21 bits per heavy atom. The maximum Gasteiger partial charge on any atom is 0.390 e. The molecule has 0 unspecified atom stereocenters. The van der Waals surface area contributed by atoms with Crippen molar-refractivity contribution in [2.45, 2.75) is 30.3 Å². The van der Waals surface area contributed by atoms with Crippen LogP contribution in [0.4, 0.5) is 13.2 Å². The zero-order valence-electron chi connectivity index (χ0n) is 16.1. The van der Waals surface area contributed by atoms with Crippen LogP contribution in [0.3, 0.4) is 0 Å². The second-order valence-electron chi connectivity index (χ2n) is 6.71. The largest absolute Gasteiger partial charge is 0.390 e. The molecule has 0 aliphatic carbocycles. The molecule has 28 heavy (non-hydrogen) atoms. The normalized spacial score (nSPS) is 12.7. The van der Waals surface area contributed by atoms with Gasteiger partial charge in [0.25, 0.3) is 0 Å². The Labute approximate surface area is 161 Å². The fourth-order valence-electron chi connectivity index (χ4n) is 2.65. The van der Waals surface area contributed by atoms with Gasteiger partial charge in [0.05, 0.1) is 22.3 Å². The number of nitrogens with zero attached hydrogens (tertiary/aromatic N) is 4. The molecule has 11 heteroatoms. The van der Waals surface area contributed by atoms with Crippen molar-refractivity contribution in [3.05, 3.63) is 24.0 Å². The standard InChI is InChI=1S/C17H23F3N4O3S/c1-22(2)28(26,27)12-5-6-14-13(11-12)21-15(24(14)4)7-8-16(25)23(3)10-9-17(18,19)20/h5-6,11H,7-10H2,1-4H3. The minimum absolute atomic E-state index is 0.00831. The Morgan fingerprint density at radius 3 is 2.43 bits per heavy atom. The first kappa shape index (κ1) is 22.2. The van der Waals surface area contributed by atoms with E-state index in [9.17, 15) is 26.4 Å². The molecule has 7 nitrogen and oxygen atoms in total. The van der Waals surface area contributed by atoms with Gasteiger partial charge < -0.3 is 9.47 Å². The van der Waals surface area contributed by atoms with Crippen LogP contribution in [0.5, 0.6) is 0 Å². The molecule has 0 fully saturated rings. The van der Waals surface area contributed by atoms with E-state index in [-0.39, 0.29) is 17.7 Å². The molecule has 0 bridgehead atoms. The van der Waals surface area contributed by atoms with E-state index in [1.807, 2.05) is 0 Å². The number of sulfonamides is 1. The zero-order valence-corrected chi connectivity index (χ0v) is 16.9. The molecule has 2 aromatic rings. The number of aryl methyl sites for hydroxylation is 2. The van der Waals surface area contributed by atoms with Crippen LogP contribution < -0.4 is 0 Å². The third-order valence-corrected chi connectivity index (χ3v) is 6.25. The Kier molecular flexibility index (Phi) is 6.39. The smallest absolute Gasteiger partial charge is 0.345 e. The Hall–Kier alpha value is -2.14. The van der Waals surface area contributed by atoms with E-state index in [2.05, 4.69) is 4.98 Å². The van der Waals surface area contributed by atoms with Gasteiger partial charge in [-0.25, -0.2) is 17.7 Å². The van der Waals surface area contributed by atoms with E-state index in [0.717, 1.165) is 9.21 Å². The summed E-state index contributed by atoms with van der Waals surface area (Å²) in [5, 5.41) is 0. The van der Waals surface area contributed by atoms with Crippen molar-refractivity contribution < 1.29 is 26.4 Å². The number of amides is 1. The molecule has 0 saturated heterocycles. The van der Waals surface area contributed by atoms with E-state index in [4.69, 9.17) is 0 Å². The van der Waals surface area contributed by atoms with Crippen LogP contribution in [0.1, 0.15) is 18.7 Å². The van der Waals surface area contributed by atoms with Crippen molar-refractivity contribution in [3.63, 3.8) is 0 Å². The highest BCUT2D eigenvalue weighted by Crippen LogP contribution is 2.22. The van der Waals surface area contributed by atoms with Crippen molar-refractivity contribution >= 4 is 27.0 Å². The number of carbonyl (C=O) groups is 1. The molecule has 0 spiro atoms. The van der Waals surface area contributed by atoms with Gasteiger partial charge in [-0.15, -0.1) is 0 Å². The monoisotopic (exact) mass is 420 g/mol. The molecule has 0 atom stereocenters. The molecule has 156 valence electrons. The highest BCUT2D eigenvalue weighted by molar-refractivity contribution is 7.89. The first-order valence-corrected chi connectivity index (χ1v) is 9.95. The molecule has 0 radical (unpaired) electrons. The summed E-state index contributed by atoms with van der Waals surface area (Å²) in [6, 6.07) is 4.59. The molecule has 1 amide bonds. The predicted octanol–water partition coefficient (Wildman–Crippen LogP) is 2.17. The van der Waals surface area contributed by atoms with Crippen LogP contribution >= 0.6 is 0 Å². The first-order chi connectivity index (χ1) is 12.8. The lowest BCUT2D eigenvalue weighted by molar-refractivity contribution is -0.144. The molecule has 0 saturated carbocycles. The van der Waals surface area contributed by atoms with Crippen LogP contribution in [0.25, 0.3) is 11.0 Å². The summed E-state index contributed by atoms with van der Waals surface area (Å²) in [6.07, 6.45) is -5.12. The number of aromatic nitrogens is 2. The fraction of sp³-hybridized carbons (Fsp3) is 0.529. The zero-order chi connectivity index (χ0) is 21.3. The predicted molar refractivity (Wildman–Crippen MR) is 98.2 cm³/mol. The van der Waals surface area contributed by atoms with Gasteiger partial charge in [-0.3, -0.25) is 4.79 Å². The van der Waals surface area contributed by atoms with Gasteiger partial charge in [0, 0.05) is 47.6 Å². The first-order valence-electron chi connectivity index (χ1n) is 8.51. The average Bonchev–Trinajstić information content (AvgIpc) is 2.92. The van der Waals surface area contributed by atoms with Gasteiger partial charge in [-0.05, 0) is 18.2 Å². The lowest BCUT2D eigenvalue weighted by Crippen LogP contribution is -2.30. The van der Waals surface area contributed by atoms with E-state index >= 15 is 0 Å². The molecule has 1 heterocycles. The number of halogens is 3. The van der Waals surface area contributed by atoms with Crippen LogP contribution in [0.15, 0.2) is 23.1 Å². The Bertz CT molecular complexity index is 968. The van der Waals surface area contributed by atoms with Crippen molar-refractivity contribution in [1.82, 2.24) is 18.8 Å². The van der Waals surface area contributed by atoms with Crippen LogP contribution in [-0.2, 0) is 28.3 Å². The van der Waals surface area contributed by atoms with Gasteiger partial charge in [-0.2, -0.15) is 13.2 Å². The number of rotatable bonds is 7. The van der Waals surface area contributed by atoms with Crippen molar-refractivity contribution in [2.24, 2.45) is 7.05 Å². The summed E-state index contributed by atoms with van der Waals surface area (Å²) < 4.78 is 64.2. The lowest BCUT2D eigenvalue weighted by Gasteiger charge is -2.18. The molecular formula is C17H23F3N4O3S. The number of carbonyl (C=O) groups excluding carboxylic acids is 1. The molecule has 0 aliphatic rings. The third kappa shape index (κ3) is 5.02. The van der Waals surface area contributed by atoms with Crippen LogP contribution in [0, 0.1) is 0 Å². The maximum absolute atomic E-state index is 12.3. The van der Waals surface area contributed by atoms with Crippen LogP contribution in [-0.4, -0.2) is 66.9 Å². The number of fused-ring (bicyclic) bond motifs is 1. The summed E-state index contributed by atoms with van der Waals surface area (Å²) in [6.45, 7) is -0.392. The molecule has 1 aromatic heterocycles. The van der Waals surface area contributed by atoms with E-state index in [1.165, 1.54) is 33.3 Å². The minimum atomic E-state index is -4.31. The molecule has 0 aliphatic heterocycles. The SMILES string of the molecule is CN(CCC(F)(F)F)C(=O)CCc1nc2cc(S(=O)(=O)N(C)C)ccc2n1C. The second-order valence-corrected chi connectivity index (χ2v) is 8.86. The van der Waals surface area contributed by atoms with Crippen molar-refractivity contribution in [1.29, 1.82) is 0 Å². The van der Waals surface area contributed by atoms with Crippen molar-refractivity contribution in [2.75, 3.05) is 27.7 Å². The molecule has 0 N–H and O–H groups in total. The fourth-order valence-corrected chi connectivity index (χ4v) is 3.58. The molecular weight excluding hydrogens is 397 g/mol. The minimum Gasteiger partial charge on any atom is -0.345 e. The van der Waals surface area contributed by atoms with E-state index in [0.29, 0.717) is 16.9 Å². The summed E-state index contributed by atoms with van der Waals surface area (Å²) >= 11 is 0. The van der Waals surface area contributed by atoms with Gasteiger partial charge in [0.2, 0.25) is 15.9 Å². The number of benzene rings is 1. The molecule has 2 rings (SSSR count). The number of hydrogen-bond donors (Lipinski definition) is 0. The van der Waals surface area contributed by atoms with Gasteiger partial charge >= 0.3 is 6.18 Å². The maximum atomic E-state index is 12.3. The van der Waals surface area contributed by atoms with E-state index in [1.54, 1.807) is 17.7 Å². The van der Waals surface area contributed by atoms with Gasteiger partial charge in [0.1, 0.15) is 5.82 Å². The Balaban J connectivity index is 2.13. The van der Waals surface area contributed by atoms with Gasteiger partial charge in [-0.1, -0.05) is 0 Å². The van der Waals surface area contributed by atoms with Gasteiger partial charge in [0.15, 0.2) is 0 Å². The molecule has 1 aromatic carbocycles. The summed E-state index contributed by atoms with van der Waals surface area (Å²) in [5.74, 6) is 0.138. The number of imidazole rings is 1. The summed E-state index contributed by atoms with van der Waals surface area (Å²) in [7, 11) is 2.35. The quantitative estimate of drug-likeness (QED) is 0.688. The Morgan fingerprint density at radius 2 is 1.86 bits per heavy atom.